The SMILES string of the molecule is CCn1nccc1[C@@H]1OCCC[C@H]1CNC(=O)c1ccon1. The van der Waals surface area contributed by atoms with Gasteiger partial charge in [-0.3, -0.25) is 9.48 Å². The van der Waals surface area contributed by atoms with Crippen LogP contribution in [0.15, 0.2) is 29.1 Å². The number of hydrogen-bond donors (Lipinski definition) is 1. The van der Waals surface area contributed by atoms with Crippen molar-refractivity contribution in [3.63, 3.8) is 0 Å². The first-order chi connectivity index (χ1) is 10.8. The van der Waals surface area contributed by atoms with E-state index in [-0.39, 0.29) is 17.9 Å². The van der Waals surface area contributed by atoms with Crippen LogP contribution in [0.4, 0.5) is 0 Å². The molecule has 118 valence electrons. The van der Waals surface area contributed by atoms with E-state index < -0.39 is 0 Å². The summed E-state index contributed by atoms with van der Waals surface area (Å²) in [5.74, 6) is 0.00803. The third-order valence-corrected chi connectivity index (χ3v) is 3.98. The smallest absolute Gasteiger partial charge is 0.273 e. The molecule has 3 rings (SSSR count). The zero-order chi connectivity index (χ0) is 15.4. The van der Waals surface area contributed by atoms with Crippen LogP contribution in [0.5, 0.6) is 0 Å². The van der Waals surface area contributed by atoms with Crippen molar-refractivity contribution in [2.24, 2.45) is 5.92 Å². The van der Waals surface area contributed by atoms with Gasteiger partial charge in [-0.25, -0.2) is 0 Å². The molecule has 0 bridgehead atoms. The fraction of sp³-hybridized carbons (Fsp3) is 0.533. The number of rotatable bonds is 5. The molecule has 0 aromatic carbocycles. The van der Waals surface area contributed by atoms with Crippen molar-refractivity contribution >= 4 is 5.91 Å². The van der Waals surface area contributed by atoms with E-state index in [4.69, 9.17) is 9.26 Å². The van der Waals surface area contributed by atoms with Crippen molar-refractivity contribution in [3.8, 4) is 0 Å². The minimum Gasteiger partial charge on any atom is -0.372 e. The minimum atomic E-state index is -0.220. The molecule has 7 nitrogen and oxygen atoms in total. The Kier molecular flexibility index (Phi) is 4.53. The van der Waals surface area contributed by atoms with Gasteiger partial charge in [0.2, 0.25) is 0 Å². The average molecular weight is 304 g/mol. The monoisotopic (exact) mass is 304 g/mol. The van der Waals surface area contributed by atoms with Gasteiger partial charge in [-0.05, 0) is 25.8 Å². The van der Waals surface area contributed by atoms with E-state index in [0.717, 1.165) is 31.7 Å². The standard InChI is InChI=1S/C15H20N4O3/c1-2-19-13(5-7-17-19)14-11(4-3-8-21-14)10-16-15(20)12-6-9-22-18-12/h5-7,9,11,14H,2-4,8,10H2,1H3,(H,16,20)/t11-,14+/m0/s1. The molecule has 22 heavy (non-hydrogen) atoms. The molecule has 2 aromatic rings. The first kappa shape index (κ1) is 14.8. The summed E-state index contributed by atoms with van der Waals surface area (Å²) >= 11 is 0. The number of aryl methyl sites for hydroxylation is 1. The highest BCUT2D eigenvalue weighted by atomic mass is 16.5. The molecule has 1 aliphatic rings. The Morgan fingerprint density at radius 1 is 1.50 bits per heavy atom. The van der Waals surface area contributed by atoms with E-state index in [1.54, 1.807) is 12.3 Å². The summed E-state index contributed by atoms with van der Waals surface area (Å²) < 4.78 is 12.6. The molecule has 0 saturated carbocycles. The Balaban J connectivity index is 1.66. The second-order valence-corrected chi connectivity index (χ2v) is 5.36. The number of aromatic nitrogens is 3. The molecule has 1 aliphatic heterocycles. The maximum Gasteiger partial charge on any atom is 0.273 e. The Bertz CT molecular complexity index is 608. The summed E-state index contributed by atoms with van der Waals surface area (Å²) in [6.07, 6.45) is 5.16. The molecule has 7 heteroatoms. The van der Waals surface area contributed by atoms with Crippen LogP contribution in [-0.4, -0.2) is 34.0 Å². The summed E-state index contributed by atoms with van der Waals surface area (Å²) in [5.41, 5.74) is 1.37. The quantitative estimate of drug-likeness (QED) is 0.910. The number of nitrogens with zero attached hydrogens (tertiary/aromatic N) is 3. The highest BCUT2D eigenvalue weighted by molar-refractivity contribution is 5.91. The van der Waals surface area contributed by atoms with Gasteiger partial charge in [-0.1, -0.05) is 5.16 Å². The predicted molar refractivity (Wildman–Crippen MR) is 78.2 cm³/mol. The van der Waals surface area contributed by atoms with Crippen LogP contribution in [0, 0.1) is 5.92 Å². The summed E-state index contributed by atoms with van der Waals surface area (Å²) in [7, 11) is 0. The van der Waals surface area contributed by atoms with Crippen LogP contribution in [0.2, 0.25) is 0 Å². The molecule has 3 heterocycles. The molecule has 2 aromatic heterocycles. The topological polar surface area (TPSA) is 82.2 Å². The second-order valence-electron chi connectivity index (χ2n) is 5.36. The number of ether oxygens (including phenoxy) is 1. The normalized spacial score (nSPS) is 21.7. The minimum absolute atomic E-state index is 0.0335. The lowest BCUT2D eigenvalue weighted by molar-refractivity contribution is -0.0321. The van der Waals surface area contributed by atoms with Crippen molar-refractivity contribution < 1.29 is 14.1 Å². The summed E-state index contributed by atoms with van der Waals surface area (Å²) in [6.45, 7) is 4.15. The van der Waals surface area contributed by atoms with Crippen molar-refractivity contribution in [3.05, 3.63) is 36.0 Å². The van der Waals surface area contributed by atoms with Gasteiger partial charge in [-0.15, -0.1) is 0 Å². The molecular formula is C15H20N4O3. The van der Waals surface area contributed by atoms with Crippen molar-refractivity contribution in [2.75, 3.05) is 13.2 Å². The number of amides is 1. The van der Waals surface area contributed by atoms with Crippen LogP contribution >= 0.6 is 0 Å². The van der Waals surface area contributed by atoms with E-state index in [1.165, 1.54) is 6.26 Å². The zero-order valence-corrected chi connectivity index (χ0v) is 12.6. The molecule has 0 unspecified atom stereocenters. The van der Waals surface area contributed by atoms with Gasteiger partial charge in [-0.2, -0.15) is 5.10 Å². The predicted octanol–water partition coefficient (Wildman–Crippen LogP) is 1.79. The Hall–Kier alpha value is -2.15. The Labute approximate surface area is 128 Å². The second kappa shape index (κ2) is 6.74. The summed E-state index contributed by atoms with van der Waals surface area (Å²) in [6, 6.07) is 3.54. The Morgan fingerprint density at radius 3 is 3.18 bits per heavy atom. The molecule has 1 saturated heterocycles. The van der Waals surface area contributed by atoms with Crippen LogP contribution in [0.3, 0.4) is 0 Å². The van der Waals surface area contributed by atoms with Crippen molar-refractivity contribution in [1.82, 2.24) is 20.3 Å². The number of carbonyl (C=O) groups is 1. The molecule has 0 radical (unpaired) electrons. The van der Waals surface area contributed by atoms with Gasteiger partial charge < -0.3 is 14.6 Å². The Morgan fingerprint density at radius 2 is 2.41 bits per heavy atom. The molecule has 2 atom stereocenters. The number of hydrogen-bond acceptors (Lipinski definition) is 5. The number of nitrogens with one attached hydrogen (secondary N) is 1. The van der Waals surface area contributed by atoms with Gasteiger partial charge in [0, 0.05) is 37.9 Å². The van der Waals surface area contributed by atoms with Crippen molar-refractivity contribution in [1.29, 1.82) is 0 Å². The van der Waals surface area contributed by atoms with Crippen molar-refractivity contribution in [2.45, 2.75) is 32.4 Å². The fourth-order valence-electron chi connectivity index (χ4n) is 2.87. The first-order valence-electron chi connectivity index (χ1n) is 7.61. The molecular weight excluding hydrogens is 284 g/mol. The van der Waals surface area contributed by atoms with Gasteiger partial charge in [0.25, 0.3) is 5.91 Å². The van der Waals surface area contributed by atoms with Crippen LogP contribution in [0.1, 0.15) is 42.1 Å². The molecule has 0 spiro atoms. The lowest BCUT2D eigenvalue weighted by Gasteiger charge is -2.32. The van der Waals surface area contributed by atoms with E-state index in [0.29, 0.717) is 12.2 Å². The third-order valence-electron chi connectivity index (χ3n) is 3.98. The molecule has 1 fully saturated rings. The average Bonchev–Trinajstić information content (AvgIpc) is 3.23. The maximum atomic E-state index is 12.0. The van der Waals surface area contributed by atoms with Crippen LogP contribution < -0.4 is 5.32 Å². The number of carbonyl (C=O) groups excluding carboxylic acids is 1. The zero-order valence-electron chi connectivity index (χ0n) is 12.6. The van der Waals surface area contributed by atoms with E-state index in [2.05, 4.69) is 22.5 Å². The molecule has 0 aliphatic carbocycles. The summed E-state index contributed by atoms with van der Waals surface area (Å²) in [5, 5.41) is 10.9. The highest BCUT2D eigenvalue weighted by Gasteiger charge is 2.30. The van der Waals surface area contributed by atoms with Gasteiger partial charge in [0.05, 0.1) is 5.69 Å². The van der Waals surface area contributed by atoms with Crippen LogP contribution in [0.25, 0.3) is 0 Å². The van der Waals surface area contributed by atoms with Gasteiger partial charge >= 0.3 is 0 Å². The van der Waals surface area contributed by atoms with Gasteiger partial charge in [0.1, 0.15) is 12.4 Å². The maximum absolute atomic E-state index is 12.0. The first-order valence-corrected chi connectivity index (χ1v) is 7.61. The highest BCUT2D eigenvalue weighted by Crippen LogP contribution is 2.33. The molecule has 1 amide bonds. The summed E-state index contributed by atoms with van der Waals surface area (Å²) in [4.78, 5) is 12.0. The fourth-order valence-corrected chi connectivity index (χ4v) is 2.87. The van der Waals surface area contributed by atoms with E-state index in [9.17, 15) is 4.79 Å². The molecule has 1 N–H and O–H groups in total. The lowest BCUT2D eigenvalue weighted by atomic mass is 9.92. The van der Waals surface area contributed by atoms with E-state index >= 15 is 0 Å². The van der Waals surface area contributed by atoms with E-state index in [1.807, 2.05) is 10.7 Å². The largest absolute Gasteiger partial charge is 0.372 e. The van der Waals surface area contributed by atoms with Gasteiger partial charge in [0.15, 0.2) is 5.69 Å². The van der Waals surface area contributed by atoms with Crippen LogP contribution in [-0.2, 0) is 11.3 Å². The third kappa shape index (κ3) is 3.04. The lowest BCUT2D eigenvalue weighted by Crippen LogP contribution is -2.36.